The first-order chi connectivity index (χ1) is 12.9. The Morgan fingerprint density at radius 2 is 1.79 bits per heavy atom. The molecule has 2 fully saturated rings. The van der Waals surface area contributed by atoms with Crippen LogP contribution in [0.4, 0.5) is 0 Å². The molecule has 3 N–H and O–H groups in total. The molecule has 1 aromatic rings. The van der Waals surface area contributed by atoms with E-state index in [0.29, 0.717) is 25.2 Å². The van der Waals surface area contributed by atoms with Crippen LogP contribution in [-0.4, -0.2) is 48.1 Å². The van der Waals surface area contributed by atoms with Crippen LogP contribution >= 0.6 is 12.4 Å². The Hall–Kier alpha value is -1.63. The Morgan fingerprint density at radius 3 is 2.39 bits per heavy atom. The van der Waals surface area contributed by atoms with E-state index in [2.05, 4.69) is 5.32 Å². The summed E-state index contributed by atoms with van der Waals surface area (Å²) in [4.78, 5) is 26.9. The summed E-state index contributed by atoms with van der Waals surface area (Å²) in [5.41, 5.74) is 7.63. The predicted octanol–water partition coefficient (Wildman–Crippen LogP) is 2.49. The summed E-state index contributed by atoms with van der Waals surface area (Å²) in [7, 11) is 0. The van der Waals surface area contributed by atoms with Gasteiger partial charge in [-0.15, -0.1) is 12.4 Å². The second-order valence-corrected chi connectivity index (χ2v) is 8.01. The van der Waals surface area contributed by atoms with E-state index >= 15 is 0 Å². The third-order valence-corrected chi connectivity index (χ3v) is 5.46. The summed E-state index contributed by atoms with van der Waals surface area (Å²) < 4.78 is 5.69. The fourth-order valence-corrected chi connectivity index (χ4v) is 4.09. The summed E-state index contributed by atoms with van der Waals surface area (Å²) in [6.07, 6.45) is 3.84. The average Bonchev–Trinajstić information content (AvgIpc) is 2.65. The van der Waals surface area contributed by atoms with Crippen LogP contribution in [0.15, 0.2) is 24.3 Å². The highest BCUT2D eigenvalue weighted by atomic mass is 35.5. The molecular formula is C21H32ClN3O3. The molecule has 1 saturated heterocycles. The van der Waals surface area contributed by atoms with Gasteiger partial charge in [-0.05, 0) is 50.8 Å². The lowest BCUT2D eigenvalue weighted by Crippen LogP contribution is -2.48. The number of amides is 2. The van der Waals surface area contributed by atoms with Crippen LogP contribution in [0.1, 0.15) is 55.5 Å². The second-order valence-electron chi connectivity index (χ2n) is 8.01. The number of carbonyl (C=O) groups is 2. The molecule has 156 valence electrons. The molecule has 4 unspecified atom stereocenters. The first kappa shape index (κ1) is 22.7. The monoisotopic (exact) mass is 409 g/mol. The number of halogens is 1. The minimum absolute atomic E-state index is 0. The van der Waals surface area contributed by atoms with E-state index in [0.717, 1.165) is 31.2 Å². The van der Waals surface area contributed by atoms with Crippen molar-refractivity contribution in [3.05, 3.63) is 35.4 Å². The maximum atomic E-state index is 12.7. The van der Waals surface area contributed by atoms with Crippen molar-refractivity contribution in [1.82, 2.24) is 10.2 Å². The van der Waals surface area contributed by atoms with E-state index in [-0.39, 0.29) is 48.4 Å². The van der Waals surface area contributed by atoms with Gasteiger partial charge < -0.3 is 20.7 Å². The molecule has 2 aliphatic rings. The van der Waals surface area contributed by atoms with Crippen LogP contribution in [0.25, 0.3) is 0 Å². The van der Waals surface area contributed by atoms with Gasteiger partial charge in [-0.1, -0.05) is 18.6 Å². The molecule has 1 heterocycles. The average molecular weight is 410 g/mol. The molecule has 1 saturated carbocycles. The fraction of sp³-hybridized carbons (Fsp3) is 0.619. The summed E-state index contributed by atoms with van der Waals surface area (Å²) >= 11 is 0. The second kappa shape index (κ2) is 10.2. The quantitative estimate of drug-likeness (QED) is 0.800. The molecule has 1 aliphatic heterocycles. The molecule has 0 bridgehead atoms. The van der Waals surface area contributed by atoms with E-state index < -0.39 is 0 Å². The summed E-state index contributed by atoms with van der Waals surface area (Å²) in [5, 5.41) is 3.01. The lowest BCUT2D eigenvalue weighted by Gasteiger charge is -2.35. The van der Waals surface area contributed by atoms with Crippen molar-refractivity contribution < 1.29 is 14.3 Å². The minimum Gasteiger partial charge on any atom is -0.372 e. The lowest BCUT2D eigenvalue weighted by molar-refractivity contribution is -0.126. The number of benzene rings is 1. The molecule has 0 spiro atoms. The van der Waals surface area contributed by atoms with Crippen LogP contribution in [0, 0.1) is 5.92 Å². The third kappa shape index (κ3) is 5.93. The smallest absolute Gasteiger partial charge is 0.254 e. The Labute approximate surface area is 173 Å². The molecule has 3 rings (SSSR count). The van der Waals surface area contributed by atoms with Crippen molar-refractivity contribution in [2.24, 2.45) is 11.7 Å². The third-order valence-electron chi connectivity index (χ3n) is 5.46. The highest BCUT2D eigenvalue weighted by Gasteiger charge is 2.27. The van der Waals surface area contributed by atoms with Gasteiger partial charge in [-0.3, -0.25) is 9.59 Å². The Morgan fingerprint density at radius 1 is 1.14 bits per heavy atom. The van der Waals surface area contributed by atoms with Gasteiger partial charge in [0.15, 0.2) is 0 Å². The number of nitrogens with two attached hydrogens (primary N) is 1. The van der Waals surface area contributed by atoms with E-state index in [1.165, 1.54) is 0 Å². The van der Waals surface area contributed by atoms with E-state index in [4.69, 9.17) is 10.5 Å². The Bertz CT molecular complexity index is 657. The van der Waals surface area contributed by atoms with Gasteiger partial charge in [0.25, 0.3) is 5.91 Å². The van der Waals surface area contributed by atoms with Crippen LogP contribution in [0.2, 0.25) is 0 Å². The van der Waals surface area contributed by atoms with Crippen LogP contribution < -0.4 is 11.1 Å². The van der Waals surface area contributed by atoms with E-state index in [1.807, 2.05) is 43.0 Å². The largest absolute Gasteiger partial charge is 0.372 e. The first-order valence-electron chi connectivity index (χ1n) is 9.99. The molecule has 0 aromatic heterocycles. The number of hydrogen-bond donors (Lipinski definition) is 2. The zero-order chi connectivity index (χ0) is 19.4. The molecule has 4 atom stereocenters. The number of rotatable bonds is 4. The zero-order valence-corrected chi connectivity index (χ0v) is 17.5. The van der Waals surface area contributed by atoms with Gasteiger partial charge in [-0.25, -0.2) is 0 Å². The summed E-state index contributed by atoms with van der Waals surface area (Å²) in [6, 6.07) is 7.64. The van der Waals surface area contributed by atoms with Crippen LogP contribution in [0.3, 0.4) is 0 Å². The van der Waals surface area contributed by atoms with Gasteiger partial charge in [0.2, 0.25) is 5.91 Å². The number of ether oxygens (including phenoxy) is 1. The van der Waals surface area contributed by atoms with Crippen molar-refractivity contribution in [3.8, 4) is 0 Å². The van der Waals surface area contributed by atoms with Crippen LogP contribution in [-0.2, 0) is 16.1 Å². The molecule has 6 nitrogen and oxygen atoms in total. The number of carbonyl (C=O) groups excluding carboxylic acids is 2. The molecular weight excluding hydrogens is 378 g/mol. The number of morpholine rings is 1. The summed E-state index contributed by atoms with van der Waals surface area (Å²) in [5.74, 6) is 0.144. The van der Waals surface area contributed by atoms with E-state index in [9.17, 15) is 9.59 Å². The van der Waals surface area contributed by atoms with Gasteiger partial charge in [-0.2, -0.15) is 0 Å². The van der Waals surface area contributed by atoms with Crippen molar-refractivity contribution >= 4 is 24.2 Å². The van der Waals surface area contributed by atoms with Gasteiger partial charge in [0.1, 0.15) is 0 Å². The zero-order valence-electron chi connectivity index (χ0n) is 16.7. The van der Waals surface area contributed by atoms with Gasteiger partial charge in [0, 0.05) is 37.2 Å². The molecule has 2 amide bonds. The van der Waals surface area contributed by atoms with E-state index in [1.54, 1.807) is 0 Å². The first-order valence-corrected chi connectivity index (χ1v) is 9.99. The number of nitrogens with zero attached hydrogens (tertiary/aromatic N) is 1. The maximum Gasteiger partial charge on any atom is 0.254 e. The van der Waals surface area contributed by atoms with Crippen molar-refractivity contribution in [1.29, 1.82) is 0 Å². The van der Waals surface area contributed by atoms with Crippen molar-refractivity contribution in [2.75, 3.05) is 13.1 Å². The molecule has 0 radical (unpaired) electrons. The Kier molecular flexibility index (Phi) is 8.28. The molecule has 1 aromatic carbocycles. The van der Waals surface area contributed by atoms with Crippen LogP contribution in [0.5, 0.6) is 0 Å². The van der Waals surface area contributed by atoms with Crippen molar-refractivity contribution in [2.45, 2.75) is 64.3 Å². The normalized spacial score (nSPS) is 27.6. The molecule has 28 heavy (non-hydrogen) atoms. The highest BCUT2D eigenvalue weighted by molar-refractivity contribution is 5.94. The minimum atomic E-state index is 0. The number of nitrogens with one attached hydrogen (secondary N) is 1. The fourth-order valence-electron chi connectivity index (χ4n) is 4.09. The topological polar surface area (TPSA) is 84.7 Å². The highest BCUT2D eigenvalue weighted by Crippen LogP contribution is 2.23. The Balaban J connectivity index is 0.00000280. The number of hydrogen-bond acceptors (Lipinski definition) is 4. The van der Waals surface area contributed by atoms with Gasteiger partial charge in [0.05, 0.1) is 12.2 Å². The lowest BCUT2D eigenvalue weighted by atomic mass is 9.85. The van der Waals surface area contributed by atoms with Crippen molar-refractivity contribution in [3.63, 3.8) is 0 Å². The summed E-state index contributed by atoms with van der Waals surface area (Å²) in [6.45, 7) is 5.68. The molecule has 1 aliphatic carbocycles. The predicted molar refractivity (Wildman–Crippen MR) is 111 cm³/mol. The standard InChI is InChI=1S/C21H31N3O3.ClH/c1-14-12-24(13-15(2)27-14)21(26)17-8-6-16(7-9-17)11-23-20(25)18-4-3-5-19(22)10-18;/h6-9,14-15,18-19H,3-5,10-13,22H2,1-2H3,(H,23,25);1H. The van der Waals surface area contributed by atoms with Gasteiger partial charge >= 0.3 is 0 Å². The maximum absolute atomic E-state index is 12.7. The molecule has 7 heteroatoms. The SMILES string of the molecule is CC1CN(C(=O)c2ccc(CNC(=O)C3CCCC(N)C3)cc2)CC(C)O1.Cl.